The number of thioether (sulfide) groups is 1. The second-order valence-electron chi connectivity index (χ2n) is 6.07. The fourth-order valence-corrected chi connectivity index (χ4v) is 6.10. The van der Waals surface area contributed by atoms with Crippen molar-refractivity contribution >= 4 is 33.4 Å². The Morgan fingerprint density at radius 2 is 1.81 bits per heavy atom. The summed E-state index contributed by atoms with van der Waals surface area (Å²) in [6.45, 7) is 0.807. The number of ether oxygens (including phenoxy) is 2. The van der Waals surface area contributed by atoms with Gasteiger partial charge in [-0.05, 0) is 24.3 Å². The average molecular weight is 406 g/mol. The maximum Gasteiger partial charge on any atom is 0.244 e. The Balaban J connectivity index is 1.58. The zero-order chi connectivity index (χ0) is 18.9. The highest BCUT2D eigenvalue weighted by Crippen LogP contribution is 2.35. The lowest BCUT2D eigenvalue weighted by Crippen LogP contribution is -2.44. The number of nitrogens with zero attached hydrogens (tertiary/aromatic N) is 1. The molecule has 2 heterocycles. The van der Waals surface area contributed by atoms with E-state index in [9.17, 15) is 13.2 Å². The van der Waals surface area contributed by atoms with Crippen LogP contribution in [0.3, 0.4) is 0 Å². The van der Waals surface area contributed by atoms with Gasteiger partial charge in [0.15, 0.2) is 11.5 Å². The first kappa shape index (κ1) is 18.1. The van der Waals surface area contributed by atoms with Gasteiger partial charge in [0.2, 0.25) is 15.9 Å². The van der Waals surface area contributed by atoms with Gasteiger partial charge in [-0.15, -0.1) is 11.8 Å². The average Bonchev–Trinajstić information content (AvgIpc) is 3.19. The van der Waals surface area contributed by atoms with Crippen molar-refractivity contribution in [3.8, 4) is 11.5 Å². The number of hydrogen-bond acceptors (Lipinski definition) is 6. The summed E-state index contributed by atoms with van der Waals surface area (Å²) in [7, 11) is -3.84. The molecule has 2 aliphatic heterocycles. The Hall–Kier alpha value is -2.23. The van der Waals surface area contributed by atoms with Gasteiger partial charge in [0.05, 0.1) is 10.8 Å². The molecule has 1 N–H and O–H groups in total. The third-order valence-corrected chi connectivity index (χ3v) is 7.33. The van der Waals surface area contributed by atoms with Crippen LogP contribution in [0.1, 0.15) is 0 Å². The molecule has 27 heavy (non-hydrogen) atoms. The molecule has 1 fully saturated rings. The second-order valence-corrected chi connectivity index (χ2v) is 8.96. The Kier molecular flexibility index (Phi) is 4.98. The second kappa shape index (κ2) is 7.41. The van der Waals surface area contributed by atoms with E-state index in [2.05, 4.69) is 5.32 Å². The molecule has 142 valence electrons. The van der Waals surface area contributed by atoms with Crippen LogP contribution in [-0.4, -0.2) is 49.5 Å². The quantitative estimate of drug-likeness (QED) is 0.838. The lowest BCUT2D eigenvalue weighted by molar-refractivity contribution is -0.118. The standard InChI is InChI=1S/C18H18N2O5S2/c21-18(19-13-4-2-1-3-5-13)15-11-26-12-20(15)27(22,23)14-6-7-16-17(10-14)25-9-8-24-16/h1-7,10,15H,8-9,11-12H2,(H,19,21)/t15-/m0/s1. The first-order valence-electron chi connectivity index (χ1n) is 8.41. The molecule has 0 radical (unpaired) electrons. The molecule has 1 atom stereocenters. The number of rotatable bonds is 4. The minimum absolute atomic E-state index is 0.0896. The molecule has 2 aromatic carbocycles. The van der Waals surface area contributed by atoms with Crippen molar-refractivity contribution in [2.45, 2.75) is 10.9 Å². The van der Waals surface area contributed by atoms with E-state index in [0.717, 1.165) is 0 Å². The Morgan fingerprint density at radius 3 is 2.59 bits per heavy atom. The summed E-state index contributed by atoms with van der Waals surface area (Å²) in [5, 5.41) is 2.78. The predicted molar refractivity (Wildman–Crippen MR) is 103 cm³/mol. The molecule has 0 unspecified atom stereocenters. The van der Waals surface area contributed by atoms with Gasteiger partial charge < -0.3 is 14.8 Å². The van der Waals surface area contributed by atoms with E-state index in [-0.39, 0.29) is 16.7 Å². The SMILES string of the molecule is O=C(Nc1ccccc1)[C@@H]1CSCN1S(=O)(=O)c1ccc2c(c1)OCCO2. The Labute approximate surface area is 161 Å². The fourth-order valence-electron chi connectivity index (χ4n) is 2.94. The number of nitrogens with one attached hydrogen (secondary N) is 1. The molecule has 0 aliphatic carbocycles. The van der Waals surface area contributed by atoms with Gasteiger partial charge in [0.1, 0.15) is 19.3 Å². The normalized spacial score (nSPS) is 19.6. The predicted octanol–water partition coefficient (Wildman–Crippen LogP) is 2.16. The van der Waals surface area contributed by atoms with Crippen molar-refractivity contribution in [1.29, 1.82) is 0 Å². The first-order chi connectivity index (χ1) is 13.1. The number of amides is 1. The summed E-state index contributed by atoms with van der Waals surface area (Å²) in [6, 6.07) is 12.7. The zero-order valence-corrected chi connectivity index (χ0v) is 16.0. The van der Waals surface area contributed by atoms with Gasteiger partial charge in [-0.1, -0.05) is 18.2 Å². The number of fused-ring (bicyclic) bond motifs is 1. The number of sulfonamides is 1. The summed E-state index contributed by atoms with van der Waals surface area (Å²) < 4.78 is 38.4. The minimum Gasteiger partial charge on any atom is -0.486 e. The molecule has 0 aromatic heterocycles. The maximum atomic E-state index is 13.1. The zero-order valence-electron chi connectivity index (χ0n) is 14.3. The van der Waals surface area contributed by atoms with E-state index in [1.165, 1.54) is 28.2 Å². The van der Waals surface area contributed by atoms with Crippen LogP contribution < -0.4 is 14.8 Å². The monoisotopic (exact) mass is 406 g/mol. The Bertz CT molecular complexity index is 949. The van der Waals surface area contributed by atoms with Crippen LogP contribution >= 0.6 is 11.8 Å². The summed E-state index contributed by atoms with van der Waals surface area (Å²) >= 11 is 1.41. The van der Waals surface area contributed by atoms with E-state index >= 15 is 0 Å². The molecule has 4 rings (SSSR count). The van der Waals surface area contributed by atoms with Gasteiger partial charge in [0, 0.05) is 17.5 Å². The van der Waals surface area contributed by atoms with Crippen LogP contribution in [0.25, 0.3) is 0 Å². The van der Waals surface area contributed by atoms with Gasteiger partial charge >= 0.3 is 0 Å². The van der Waals surface area contributed by atoms with Crippen LogP contribution in [0.15, 0.2) is 53.4 Å². The van der Waals surface area contributed by atoms with E-state index in [4.69, 9.17) is 9.47 Å². The van der Waals surface area contributed by atoms with Crippen LogP contribution in [0, 0.1) is 0 Å². The number of anilines is 1. The Morgan fingerprint density at radius 1 is 1.07 bits per heavy atom. The van der Waals surface area contributed by atoms with E-state index in [1.54, 1.807) is 18.2 Å². The van der Waals surface area contributed by atoms with Crippen molar-refractivity contribution in [2.24, 2.45) is 0 Å². The number of benzene rings is 2. The van der Waals surface area contributed by atoms with E-state index in [1.807, 2.05) is 18.2 Å². The topological polar surface area (TPSA) is 84.9 Å². The van der Waals surface area contributed by atoms with Crippen molar-refractivity contribution in [2.75, 3.05) is 30.2 Å². The lowest BCUT2D eigenvalue weighted by atomic mass is 10.3. The number of carbonyl (C=O) groups excluding carboxylic acids is 1. The molecule has 1 saturated heterocycles. The van der Waals surface area contributed by atoms with E-state index in [0.29, 0.717) is 36.2 Å². The smallest absolute Gasteiger partial charge is 0.244 e. The highest BCUT2D eigenvalue weighted by atomic mass is 32.2. The minimum atomic E-state index is -3.84. The number of carbonyl (C=O) groups is 1. The van der Waals surface area contributed by atoms with Gasteiger partial charge in [-0.2, -0.15) is 4.31 Å². The van der Waals surface area contributed by atoms with Crippen molar-refractivity contribution < 1.29 is 22.7 Å². The molecule has 0 bridgehead atoms. The summed E-state index contributed by atoms with van der Waals surface area (Å²) in [6.07, 6.45) is 0. The molecule has 2 aromatic rings. The third kappa shape index (κ3) is 3.62. The van der Waals surface area contributed by atoms with Crippen molar-refractivity contribution in [3.63, 3.8) is 0 Å². The van der Waals surface area contributed by atoms with Crippen LogP contribution in [0.4, 0.5) is 5.69 Å². The van der Waals surface area contributed by atoms with Crippen molar-refractivity contribution in [1.82, 2.24) is 4.31 Å². The number of hydrogen-bond donors (Lipinski definition) is 1. The van der Waals surface area contributed by atoms with Crippen molar-refractivity contribution in [3.05, 3.63) is 48.5 Å². The van der Waals surface area contributed by atoms with Crippen LogP contribution in [0.2, 0.25) is 0 Å². The van der Waals surface area contributed by atoms with Gasteiger partial charge in [0.25, 0.3) is 0 Å². The van der Waals surface area contributed by atoms with Gasteiger partial charge in [-0.25, -0.2) is 8.42 Å². The number of para-hydroxylation sites is 1. The third-order valence-electron chi connectivity index (χ3n) is 4.31. The summed E-state index contributed by atoms with van der Waals surface area (Å²) in [5.74, 6) is 1.22. The molecular formula is C18H18N2O5S2. The van der Waals surface area contributed by atoms with E-state index < -0.39 is 16.1 Å². The molecular weight excluding hydrogens is 388 g/mol. The molecule has 0 saturated carbocycles. The maximum absolute atomic E-state index is 13.1. The molecule has 7 nitrogen and oxygen atoms in total. The fraction of sp³-hybridized carbons (Fsp3) is 0.278. The summed E-state index contributed by atoms with van der Waals surface area (Å²) in [4.78, 5) is 12.8. The lowest BCUT2D eigenvalue weighted by Gasteiger charge is -2.24. The van der Waals surface area contributed by atoms with Crippen LogP contribution in [-0.2, 0) is 14.8 Å². The summed E-state index contributed by atoms with van der Waals surface area (Å²) in [5.41, 5.74) is 0.635. The van der Waals surface area contributed by atoms with Gasteiger partial charge in [-0.3, -0.25) is 4.79 Å². The highest BCUT2D eigenvalue weighted by molar-refractivity contribution is 8.00. The van der Waals surface area contributed by atoms with Crippen LogP contribution in [0.5, 0.6) is 11.5 Å². The molecule has 2 aliphatic rings. The highest BCUT2D eigenvalue weighted by Gasteiger charge is 2.40. The molecule has 9 heteroatoms. The molecule has 0 spiro atoms. The largest absolute Gasteiger partial charge is 0.486 e. The first-order valence-corrected chi connectivity index (χ1v) is 11.0. The molecule has 1 amide bonds.